The molecule has 0 saturated carbocycles. The number of hydrogen-bond acceptors (Lipinski definition) is 15. The van der Waals surface area contributed by atoms with Gasteiger partial charge in [-0.25, -0.2) is 0 Å². The maximum Gasteiger partial charge on any atom is 0.317 e. The minimum Gasteiger partial charge on any atom is -0.480 e. The highest BCUT2D eigenvalue weighted by Gasteiger charge is 2.22. The molecular weight excluding hydrogens is 774 g/mol. The maximum atomic E-state index is 12.8. The molecule has 20 nitrogen and oxygen atoms in total. The van der Waals surface area contributed by atoms with E-state index >= 15 is 0 Å². The quantitative estimate of drug-likeness (QED) is 0.0441. The fraction of sp³-hybridized carbons (Fsp3) is 0.846. The summed E-state index contributed by atoms with van der Waals surface area (Å²) in [5.41, 5.74) is 0. The van der Waals surface area contributed by atoms with Crippen LogP contribution in [0.15, 0.2) is 0 Å². The van der Waals surface area contributed by atoms with Crippen LogP contribution in [-0.4, -0.2) is 227 Å². The molecule has 1 aliphatic heterocycles. The molecule has 1 atom stereocenters. The predicted molar refractivity (Wildman–Crippen MR) is 218 cm³/mol. The first-order valence-corrected chi connectivity index (χ1v) is 20.8. The van der Waals surface area contributed by atoms with Gasteiger partial charge in [0.1, 0.15) is 0 Å². The lowest BCUT2D eigenvalue weighted by atomic mass is 9.96. The van der Waals surface area contributed by atoms with Gasteiger partial charge in [0.05, 0.1) is 85.1 Å². The number of carbonyl (C=O) groups is 6. The molecule has 2 amide bonds. The molecule has 0 bridgehead atoms. The van der Waals surface area contributed by atoms with E-state index in [9.17, 15) is 44.1 Å². The van der Waals surface area contributed by atoms with E-state index in [0.29, 0.717) is 105 Å². The smallest absolute Gasteiger partial charge is 0.317 e. The topological polar surface area (TPSA) is 249 Å². The SMILES string of the molecule is CC(C)N[C@H](CCCCNC(=O)CCOCCOCCOCCOCCNC(=O)CN1CCN(CC(=O)O)CCN(CC(=O)O)CCN(CC(=O)O)CC1)C(=O)C(C)C. The average Bonchev–Trinajstić information content (AvgIpc) is 3.15. The molecular formula is C39H73N7O13. The third-order valence-corrected chi connectivity index (χ3v) is 9.22. The van der Waals surface area contributed by atoms with Gasteiger partial charge in [0.25, 0.3) is 0 Å². The number of carbonyl (C=O) groups excluding carboxylic acids is 3. The molecule has 1 aliphatic rings. The van der Waals surface area contributed by atoms with E-state index in [1.807, 2.05) is 32.6 Å². The lowest BCUT2D eigenvalue weighted by Gasteiger charge is -2.32. The number of nitrogens with one attached hydrogen (secondary N) is 3. The first-order valence-electron chi connectivity index (χ1n) is 20.8. The molecule has 1 heterocycles. The third kappa shape index (κ3) is 30.4. The predicted octanol–water partition coefficient (Wildman–Crippen LogP) is -1.09. The van der Waals surface area contributed by atoms with Crippen molar-refractivity contribution in [3.63, 3.8) is 0 Å². The van der Waals surface area contributed by atoms with Crippen LogP contribution in [-0.2, 0) is 47.7 Å². The molecule has 6 N–H and O–H groups in total. The van der Waals surface area contributed by atoms with E-state index in [2.05, 4.69) is 16.0 Å². The van der Waals surface area contributed by atoms with Crippen molar-refractivity contribution in [3.05, 3.63) is 0 Å². The van der Waals surface area contributed by atoms with E-state index < -0.39 is 17.9 Å². The largest absolute Gasteiger partial charge is 0.480 e. The summed E-state index contributed by atoms with van der Waals surface area (Å²) in [7, 11) is 0. The summed E-state index contributed by atoms with van der Waals surface area (Å²) in [6.45, 7) is 13.3. The first kappa shape index (κ1) is 53.7. The van der Waals surface area contributed by atoms with Crippen LogP contribution in [0.1, 0.15) is 53.4 Å². The van der Waals surface area contributed by atoms with Crippen molar-refractivity contribution in [2.24, 2.45) is 5.92 Å². The molecule has 59 heavy (non-hydrogen) atoms. The van der Waals surface area contributed by atoms with Gasteiger partial charge in [0.2, 0.25) is 11.8 Å². The summed E-state index contributed by atoms with van der Waals surface area (Å²) in [5.74, 6) is -3.17. The van der Waals surface area contributed by atoms with Gasteiger partial charge >= 0.3 is 17.9 Å². The Balaban J connectivity index is 2.18. The summed E-state index contributed by atoms with van der Waals surface area (Å²) in [5, 5.41) is 37.1. The van der Waals surface area contributed by atoms with Crippen molar-refractivity contribution in [1.29, 1.82) is 0 Å². The van der Waals surface area contributed by atoms with Crippen LogP contribution in [0.2, 0.25) is 0 Å². The van der Waals surface area contributed by atoms with Gasteiger partial charge < -0.3 is 50.2 Å². The van der Waals surface area contributed by atoms with Crippen molar-refractivity contribution < 1.29 is 63.0 Å². The number of amides is 2. The molecule has 1 saturated heterocycles. The molecule has 0 aromatic carbocycles. The minimum atomic E-state index is -1.02. The van der Waals surface area contributed by atoms with Crippen molar-refractivity contribution in [2.75, 3.05) is 144 Å². The molecule has 1 rings (SSSR count). The lowest BCUT2D eigenvalue weighted by molar-refractivity contribution is -0.140. The van der Waals surface area contributed by atoms with Crippen molar-refractivity contribution in [1.82, 2.24) is 35.6 Å². The fourth-order valence-corrected chi connectivity index (χ4v) is 6.14. The molecule has 20 heteroatoms. The van der Waals surface area contributed by atoms with E-state index in [4.69, 9.17) is 18.9 Å². The van der Waals surface area contributed by atoms with E-state index in [0.717, 1.165) is 19.3 Å². The summed E-state index contributed by atoms with van der Waals surface area (Å²) in [4.78, 5) is 78.5. The molecule has 1 fully saturated rings. The Morgan fingerprint density at radius 1 is 0.508 bits per heavy atom. The van der Waals surface area contributed by atoms with Crippen LogP contribution in [0.5, 0.6) is 0 Å². The number of hydrogen-bond donors (Lipinski definition) is 6. The van der Waals surface area contributed by atoms with Crippen molar-refractivity contribution in [2.45, 2.75) is 65.5 Å². The molecule has 0 spiro atoms. The molecule has 0 aliphatic carbocycles. The standard InChI is InChI=1S/C39H73N7O13/c1-31(2)39(55)33(42-32(3)4)7-5-6-9-40-34(47)8-19-56-21-23-58-25-26-59-24-22-57-20-10-41-35(48)27-43-11-13-44(28-36(49)50)15-17-46(30-38(53)54)18-16-45(14-12-43)29-37(51)52/h31-33,42H,5-30H2,1-4H3,(H,40,47)(H,41,48)(H,49,50)(H,51,52)(H,53,54)/t33-/m1/s1. The zero-order chi connectivity index (χ0) is 43.8. The molecule has 0 radical (unpaired) electrons. The monoisotopic (exact) mass is 848 g/mol. The Bertz CT molecular complexity index is 1180. The number of ether oxygens (including phenoxy) is 4. The van der Waals surface area contributed by atoms with Crippen LogP contribution in [0.4, 0.5) is 0 Å². The van der Waals surface area contributed by atoms with E-state index in [-0.39, 0.29) is 81.4 Å². The summed E-state index contributed by atoms with van der Waals surface area (Å²) < 4.78 is 22.0. The number of unbranched alkanes of at least 4 members (excludes halogenated alkanes) is 1. The Labute approximate surface area is 349 Å². The molecule has 0 unspecified atom stereocenters. The Morgan fingerprint density at radius 2 is 0.898 bits per heavy atom. The maximum absolute atomic E-state index is 12.8. The number of rotatable bonds is 32. The van der Waals surface area contributed by atoms with E-state index in [1.165, 1.54) is 0 Å². The zero-order valence-electron chi connectivity index (χ0n) is 35.8. The van der Waals surface area contributed by atoms with Gasteiger partial charge in [0.15, 0.2) is 5.78 Å². The lowest BCUT2D eigenvalue weighted by Crippen LogP contribution is -2.50. The number of carboxylic acid groups (broad SMARTS) is 3. The zero-order valence-corrected chi connectivity index (χ0v) is 35.8. The first-order chi connectivity index (χ1) is 28.2. The Hall–Kier alpha value is -3.34. The van der Waals surface area contributed by atoms with Gasteiger partial charge in [-0.3, -0.25) is 48.4 Å². The molecule has 0 aromatic heterocycles. The Morgan fingerprint density at radius 3 is 1.31 bits per heavy atom. The number of nitrogens with zero attached hydrogens (tertiary/aromatic N) is 4. The van der Waals surface area contributed by atoms with Gasteiger partial charge in [-0.2, -0.15) is 0 Å². The average molecular weight is 848 g/mol. The summed E-state index contributed by atoms with van der Waals surface area (Å²) >= 11 is 0. The minimum absolute atomic E-state index is 0.0150. The van der Waals surface area contributed by atoms with Crippen molar-refractivity contribution >= 4 is 35.5 Å². The number of aliphatic carboxylic acids is 3. The number of carboxylic acids is 3. The highest BCUT2D eigenvalue weighted by atomic mass is 16.6. The van der Waals surface area contributed by atoms with Gasteiger partial charge in [-0.05, 0) is 19.3 Å². The second-order valence-electron chi connectivity index (χ2n) is 15.1. The van der Waals surface area contributed by atoms with Gasteiger partial charge in [0, 0.05) is 83.8 Å². The second-order valence-corrected chi connectivity index (χ2v) is 15.1. The van der Waals surface area contributed by atoms with Gasteiger partial charge in [-0.15, -0.1) is 0 Å². The molecule has 0 aromatic rings. The fourth-order valence-electron chi connectivity index (χ4n) is 6.14. The number of ketones is 1. The van der Waals surface area contributed by atoms with E-state index in [1.54, 1.807) is 14.7 Å². The second kappa shape index (κ2) is 33.4. The number of Topliss-reactive ketones (excluding diaryl/α,β-unsaturated/α-hetero) is 1. The van der Waals surface area contributed by atoms with Crippen LogP contribution in [0.3, 0.4) is 0 Å². The van der Waals surface area contributed by atoms with Crippen LogP contribution in [0.25, 0.3) is 0 Å². The molecule has 342 valence electrons. The van der Waals surface area contributed by atoms with Crippen LogP contribution < -0.4 is 16.0 Å². The van der Waals surface area contributed by atoms with Crippen LogP contribution in [0, 0.1) is 5.92 Å². The normalized spacial score (nSPS) is 16.0. The van der Waals surface area contributed by atoms with Crippen LogP contribution >= 0.6 is 0 Å². The summed E-state index contributed by atoms with van der Waals surface area (Å²) in [6.07, 6.45) is 2.66. The summed E-state index contributed by atoms with van der Waals surface area (Å²) in [6, 6.07) is 0.0787. The third-order valence-electron chi connectivity index (χ3n) is 9.22. The highest BCUT2D eigenvalue weighted by molar-refractivity contribution is 5.85. The highest BCUT2D eigenvalue weighted by Crippen LogP contribution is 2.09. The Kier molecular flexibility index (Phi) is 30.4. The van der Waals surface area contributed by atoms with Crippen molar-refractivity contribution in [3.8, 4) is 0 Å². The van der Waals surface area contributed by atoms with Gasteiger partial charge in [-0.1, -0.05) is 27.7 Å².